The molecule has 3 heterocycles. The number of rotatable bonds is 8. The number of ether oxygens (including phenoxy) is 1. The van der Waals surface area contributed by atoms with Gasteiger partial charge in [-0.2, -0.15) is 0 Å². The Morgan fingerprint density at radius 3 is 2.53 bits per heavy atom. The predicted molar refractivity (Wildman–Crippen MR) is 149 cm³/mol. The number of aromatic nitrogens is 3. The molecule has 0 unspecified atom stereocenters. The average Bonchev–Trinajstić information content (AvgIpc) is 3.24. The zero-order valence-electron chi connectivity index (χ0n) is 22.8. The number of H-pyrrole nitrogens is 1. The number of fused-ring (bicyclic) bond motifs is 1. The van der Waals surface area contributed by atoms with Crippen molar-refractivity contribution in [2.45, 2.75) is 60.0 Å². The molecule has 0 aliphatic heterocycles. The Bertz CT molecular complexity index is 1560. The lowest BCUT2D eigenvalue weighted by Crippen LogP contribution is -2.28. The first-order valence-electron chi connectivity index (χ1n) is 12.8. The van der Waals surface area contributed by atoms with Crippen molar-refractivity contribution in [1.29, 1.82) is 0 Å². The zero-order valence-corrected chi connectivity index (χ0v) is 22.8. The molecule has 4 aromatic rings. The summed E-state index contributed by atoms with van der Waals surface area (Å²) in [6.45, 7) is 10.2. The molecule has 3 aromatic heterocycles. The lowest BCUT2D eigenvalue weighted by atomic mass is 9.98. The van der Waals surface area contributed by atoms with Crippen LogP contribution in [0.3, 0.4) is 0 Å². The Morgan fingerprint density at radius 2 is 1.89 bits per heavy atom. The summed E-state index contributed by atoms with van der Waals surface area (Å²) in [7, 11) is 1.31. The van der Waals surface area contributed by atoms with Crippen LogP contribution in [-0.2, 0) is 17.7 Å². The van der Waals surface area contributed by atoms with Crippen LogP contribution < -0.4 is 10.9 Å². The molecule has 1 amide bonds. The van der Waals surface area contributed by atoms with Crippen LogP contribution in [0.2, 0.25) is 0 Å². The van der Waals surface area contributed by atoms with Crippen molar-refractivity contribution < 1.29 is 14.3 Å². The molecule has 0 spiro atoms. The molecule has 0 atom stereocenters. The summed E-state index contributed by atoms with van der Waals surface area (Å²) in [6, 6.07) is 9.44. The summed E-state index contributed by atoms with van der Waals surface area (Å²) >= 11 is 0. The number of hydrogen-bond donors (Lipinski definition) is 2. The summed E-state index contributed by atoms with van der Waals surface area (Å²) in [5.74, 6) is -0.770. The second kappa shape index (κ2) is 11.0. The summed E-state index contributed by atoms with van der Waals surface area (Å²) in [6.07, 6.45) is 5.32. The molecule has 8 heteroatoms. The maximum Gasteiger partial charge on any atom is 0.356 e. The smallest absolute Gasteiger partial charge is 0.356 e. The molecule has 0 bridgehead atoms. The van der Waals surface area contributed by atoms with E-state index in [1.807, 2.05) is 32.0 Å². The lowest BCUT2D eigenvalue weighted by Gasteiger charge is -2.14. The molecule has 0 saturated heterocycles. The van der Waals surface area contributed by atoms with E-state index in [0.29, 0.717) is 11.1 Å². The van der Waals surface area contributed by atoms with Crippen LogP contribution in [0.25, 0.3) is 22.0 Å². The molecule has 0 aliphatic rings. The molecule has 0 fully saturated rings. The highest BCUT2D eigenvalue weighted by atomic mass is 16.5. The number of nitrogens with zero attached hydrogens (tertiary/aromatic N) is 2. The van der Waals surface area contributed by atoms with Crippen LogP contribution in [0.15, 0.2) is 47.5 Å². The van der Waals surface area contributed by atoms with Crippen LogP contribution >= 0.6 is 0 Å². The Kier molecular flexibility index (Phi) is 7.80. The predicted octanol–water partition coefficient (Wildman–Crippen LogP) is 5.26. The van der Waals surface area contributed by atoms with Crippen molar-refractivity contribution in [1.82, 2.24) is 19.9 Å². The molecule has 4 rings (SSSR count). The lowest BCUT2D eigenvalue weighted by molar-refractivity contribution is 0.0594. The maximum absolute atomic E-state index is 13.7. The van der Waals surface area contributed by atoms with Crippen molar-refractivity contribution in [2.24, 2.45) is 0 Å². The van der Waals surface area contributed by atoms with E-state index in [4.69, 9.17) is 4.74 Å². The molecule has 0 radical (unpaired) electrons. The third-order valence-corrected chi connectivity index (χ3v) is 6.72. The van der Waals surface area contributed by atoms with Gasteiger partial charge >= 0.3 is 5.97 Å². The van der Waals surface area contributed by atoms with Gasteiger partial charge in [0.2, 0.25) is 0 Å². The fraction of sp³-hybridized carbons (Fsp3) is 0.333. The van der Waals surface area contributed by atoms with Crippen LogP contribution in [0, 0.1) is 13.8 Å². The Morgan fingerprint density at radius 1 is 1.13 bits per heavy atom. The average molecular weight is 515 g/mol. The minimum atomic E-state index is -0.509. The maximum atomic E-state index is 13.7. The number of pyridine rings is 2. The topological polar surface area (TPSA) is 106 Å². The van der Waals surface area contributed by atoms with Crippen LogP contribution in [0.4, 0.5) is 0 Å². The van der Waals surface area contributed by atoms with E-state index >= 15 is 0 Å². The van der Waals surface area contributed by atoms with Gasteiger partial charge in [-0.25, -0.2) is 9.78 Å². The first kappa shape index (κ1) is 26.9. The van der Waals surface area contributed by atoms with Crippen molar-refractivity contribution in [3.8, 4) is 11.1 Å². The van der Waals surface area contributed by atoms with Gasteiger partial charge in [-0.1, -0.05) is 19.4 Å². The quantitative estimate of drug-likeness (QED) is 0.312. The number of nitrogens with one attached hydrogen (secondary N) is 2. The molecular weight excluding hydrogens is 480 g/mol. The number of amides is 1. The fourth-order valence-corrected chi connectivity index (χ4v) is 4.89. The first-order valence-corrected chi connectivity index (χ1v) is 12.8. The SMILES string of the molecule is CCCc1cc(C)[nH]c(=O)c1CNC(=O)c1cc(-c2ccc(C(=O)OC)nc2)cc2c1c(C)cn2C(C)C. The third-order valence-electron chi connectivity index (χ3n) is 6.72. The highest BCUT2D eigenvalue weighted by molar-refractivity contribution is 6.09. The van der Waals surface area contributed by atoms with Crippen LogP contribution in [-0.4, -0.2) is 33.5 Å². The number of benzene rings is 1. The first-order chi connectivity index (χ1) is 18.1. The number of hydrogen-bond acceptors (Lipinski definition) is 5. The molecule has 38 heavy (non-hydrogen) atoms. The summed E-state index contributed by atoms with van der Waals surface area (Å²) in [4.78, 5) is 45.3. The number of carbonyl (C=O) groups excluding carboxylic acids is 2. The second-order valence-corrected chi connectivity index (χ2v) is 9.87. The van der Waals surface area contributed by atoms with Gasteiger partial charge in [-0.05, 0) is 75.1 Å². The highest BCUT2D eigenvalue weighted by Crippen LogP contribution is 2.33. The van der Waals surface area contributed by atoms with E-state index in [0.717, 1.165) is 51.7 Å². The molecule has 0 aliphatic carbocycles. The van der Waals surface area contributed by atoms with E-state index in [-0.39, 0.29) is 29.7 Å². The molecule has 8 nitrogen and oxygen atoms in total. The van der Waals surface area contributed by atoms with Crippen molar-refractivity contribution in [2.75, 3.05) is 7.11 Å². The standard InChI is InChI=1S/C30H34N4O4/c1-7-8-20-11-19(5)33-29(36)24(20)15-32-28(35)23-12-22(21-9-10-25(31-14-21)30(37)38-6)13-26-27(23)18(4)16-34(26)17(2)3/h9-14,16-17H,7-8,15H2,1-6H3,(H,32,35)(H,33,36). The third kappa shape index (κ3) is 5.25. The largest absolute Gasteiger partial charge is 0.464 e. The Hall–Kier alpha value is -4.20. The number of aryl methyl sites for hydroxylation is 3. The summed E-state index contributed by atoms with van der Waals surface area (Å²) in [5.41, 5.74) is 6.38. The number of aromatic amines is 1. The molecule has 0 saturated carbocycles. The van der Waals surface area contributed by atoms with E-state index in [1.54, 1.807) is 18.3 Å². The summed E-state index contributed by atoms with van der Waals surface area (Å²) in [5, 5.41) is 3.86. The van der Waals surface area contributed by atoms with E-state index in [1.165, 1.54) is 7.11 Å². The van der Waals surface area contributed by atoms with E-state index < -0.39 is 5.97 Å². The van der Waals surface area contributed by atoms with Gasteiger partial charge in [0.1, 0.15) is 5.69 Å². The van der Waals surface area contributed by atoms with Crippen LogP contribution in [0.1, 0.15) is 76.5 Å². The zero-order chi connectivity index (χ0) is 27.6. The highest BCUT2D eigenvalue weighted by Gasteiger charge is 2.20. The van der Waals surface area contributed by atoms with Crippen molar-refractivity contribution in [3.63, 3.8) is 0 Å². The van der Waals surface area contributed by atoms with E-state index in [2.05, 4.69) is 46.8 Å². The minimum Gasteiger partial charge on any atom is -0.464 e. The molecule has 2 N–H and O–H groups in total. The van der Waals surface area contributed by atoms with Gasteiger partial charge in [-0.15, -0.1) is 0 Å². The van der Waals surface area contributed by atoms with E-state index in [9.17, 15) is 14.4 Å². The Labute approximate surface area is 222 Å². The summed E-state index contributed by atoms with van der Waals surface area (Å²) < 4.78 is 6.90. The normalized spacial score (nSPS) is 11.2. The van der Waals surface area contributed by atoms with Crippen molar-refractivity contribution >= 4 is 22.8 Å². The number of methoxy groups -OCH3 is 1. The van der Waals surface area contributed by atoms with Crippen LogP contribution in [0.5, 0.6) is 0 Å². The molecular formula is C30H34N4O4. The van der Waals surface area contributed by atoms with Gasteiger partial charge in [0.25, 0.3) is 11.5 Å². The fourth-order valence-electron chi connectivity index (χ4n) is 4.89. The minimum absolute atomic E-state index is 0.134. The monoisotopic (exact) mass is 514 g/mol. The number of esters is 1. The Balaban J connectivity index is 1.78. The van der Waals surface area contributed by atoms with Gasteiger partial charge in [-0.3, -0.25) is 9.59 Å². The van der Waals surface area contributed by atoms with Gasteiger partial charge in [0, 0.05) is 58.3 Å². The van der Waals surface area contributed by atoms with Gasteiger partial charge in [0.15, 0.2) is 0 Å². The van der Waals surface area contributed by atoms with Crippen molar-refractivity contribution in [3.05, 3.63) is 86.7 Å². The molecule has 198 valence electrons. The van der Waals surface area contributed by atoms with Gasteiger partial charge < -0.3 is 19.6 Å². The second-order valence-electron chi connectivity index (χ2n) is 9.87. The van der Waals surface area contributed by atoms with Gasteiger partial charge in [0.05, 0.1) is 7.11 Å². The number of carbonyl (C=O) groups is 2. The molecule has 1 aromatic carbocycles.